The molecule has 3 rings (SSSR count). The smallest absolute Gasteiger partial charge is 0.271 e. The van der Waals surface area contributed by atoms with E-state index in [0.717, 1.165) is 5.82 Å². The Bertz CT molecular complexity index is 755. The Morgan fingerprint density at radius 3 is 2.78 bits per heavy atom. The normalized spacial score (nSPS) is 10.9. The highest BCUT2D eigenvalue weighted by atomic mass is 16.1. The van der Waals surface area contributed by atoms with Crippen LogP contribution >= 0.6 is 0 Å². The first-order valence-corrected chi connectivity index (χ1v) is 5.85. The first-order valence-electron chi connectivity index (χ1n) is 5.85. The lowest BCUT2D eigenvalue weighted by molar-refractivity contribution is 0.871. The molecule has 3 aromatic rings. The van der Waals surface area contributed by atoms with Crippen molar-refractivity contribution in [3.63, 3.8) is 0 Å². The molecule has 1 aromatic carbocycles. The SMILES string of the molecule is Cc1ccccc1Cc1nc2cccc(=O)n2[nH]1. The standard InChI is InChI=1S/C14H13N3O/c1-10-5-2-3-6-11(10)9-12-15-13-7-4-8-14(18)17(13)16-12/h2-8H,9H2,1H3,(H,15,16). The van der Waals surface area contributed by atoms with Crippen molar-refractivity contribution in [3.05, 3.63) is 69.8 Å². The highest BCUT2D eigenvalue weighted by Gasteiger charge is 2.05. The van der Waals surface area contributed by atoms with Crippen molar-refractivity contribution in [1.82, 2.24) is 14.6 Å². The number of fused-ring (bicyclic) bond motifs is 1. The van der Waals surface area contributed by atoms with Crippen LogP contribution in [0.15, 0.2) is 47.3 Å². The van der Waals surface area contributed by atoms with Gasteiger partial charge in [0, 0.05) is 12.5 Å². The van der Waals surface area contributed by atoms with Crippen LogP contribution in [-0.4, -0.2) is 14.6 Å². The molecule has 0 bridgehead atoms. The monoisotopic (exact) mass is 239 g/mol. The van der Waals surface area contributed by atoms with Crippen molar-refractivity contribution >= 4 is 5.65 Å². The van der Waals surface area contributed by atoms with Crippen molar-refractivity contribution in [2.24, 2.45) is 0 Å². The molecule has 2 aromatic heterocycles. The van der Waals surface area contributed by atoms with Gasteiger partial charge in [-0.05, 0) is 24.1 Å². The quantitative estimate of drug-likeness (QED) is 0.742. The molecular formula is C14H13N3O. The molecule has 0 aliphatic heterocycles. The summed E-state index contributed by atoms with van der Waals surface area (Å²) in [6.45, 7) is 2.07. The predicted octanol–water partition coefficient (Wildman–Crippen LogP) is 1.92. The molecule has 0 radical (unpaired) electrons. The fraction of sp³-hybridized carbons (Fsp3) is 0.143. The summed E-state index contributed by atoms with van der Waals surface area (Å²) in [6, 6.07) is 13.2. The number of benzene rings is 1. The molecular weight excluding hydrogens is 226 g/mol. The second kappa shape index (κ2) is 4.14. The molecule has 0 unspecified atom stereocenters. The summed E-state index contributed by atoms with van der Waals surface area (Å²) in [5, 5.41) is 3.03. The van der Waals surface area contributed by atoms with Gasteiger partial charge in [-0.1, -0.05) is 30.3 Å². The lowest BCUT2D eigenvalue weighted by Gasteiger charge is -2.01. The third kappa shape index (κ3) is 1.82. The zero-order chi connectivity index (χ0) is 12.5. The van der Waals surface area contributed by atoms with Gasteiger partial charge < -0.3 is 0 Å². The Morgan fingerprint density at radius 2 is 2.00 bits per heavy atom. The summed E-state index contributed by atoms with van der Waals surface area (Å²) in [4.78, 5) is 16.0. The Morgan fingerprint density at radius 1 is 1.17 bits per heavy atom. The predicted molar refractivity (Wildman–Crippen MR) is 69.8 cm³/mol. The summed E-state index contributed by atoms with van der Waals surface area (Å²) in [7, 11) is 0. The highest BCUT2D eigenvalue weighted by molar-refractivity contribution is 5.37. The van der Waals surface area contributed by atoms with E-state index in [0.29, 0.717) is 12.1 Å². The minimum atomic E-state index is -0.0870. The molecule has 0 atom stereocenters. The third-order valence-electron chi connectivity index (χ3n) is 3.04. The fourth-order valence-corrected chi connectivity index (χ4v) is 2.04. The second-order valence-corrected chi connectivity index (χ2v) is 4.33. The molecule has 0 saturated heterocycles. The van der Waals surface area contributed by atoms with E-state index in [1.54, 1.807) is 6.07 Å². The van der Waals surface area contributed by atoms with Gasteiger partial charge in [0.2, 0.25) is 0 Å². The van der Waals surface area contributed by atoms with Crippen molar-refractivity contribution < 1.29 is 0 Å². The van der Waals surface area contributed by atoms with Gasteiger partial charge in [0.25, 0.3) is 5.56 Å². The number of hydrogen-bond donors (Lipinski definition) is 1. The van der Waals surface area contributed by atoms with Crippen LogP contribution in [0.25, 0.3) is 5.65 Å². The molecule has 0 aliphatic rings. The van der Waals surface area contributed by atoms with E-state index in [2.05, 4.69) is 29.1 Å². The van der Waals surface area contributed by atoms with Crippen LogP contribution in [0.4, 0.5) is 0 Å². The number of pyridine rings is 1. The van der Waals surface area contributed by atoms with Gasteiger partial charge >= 0.3 is 0 Å². The molecule has 1 N–H and O–H groups in total. The van der Waals surface area contributed by atoms with E-state index < -0.39 is 0 Å². The van der Waals surface area contributed by atoms with Gasteiger partial charge in [-0.2, -0.15) is 0 Å². The van der Waals surface area contributed by atoms with Gasteiger partial charge in [0.15, 0.2) is 5.65 Å². The molecule has 0 fully saturated rings. The first-order chi connectivity index (χ1) is 8.74. The van der Waals surface area contributed by atoms with Crippen LogP contribution in [0.5, 0.6) is 0 Å². The van der Waals surface area contributed by atoms with Crippen molar-refractivity contribution in [2.45, 2.75) is 13.3 Å². The van der Waals surface area contributed by atoms with Crippen LogP contribution in [0.2, 0.25) is 0 Å². The Balaban J connectivity index is 2.04. The number of nitrogens with zero attached hydrogens (tertiary/aromatic N) is 2. The van der Waals surface area contributed by atoms with E-state index in [1.807, 2.05) is 18.2 Å². The van der Waals surface area contributed by atoms with Crippen LogP contribution in [0.3, 0.4) is 0 Å². The second-order valence-electron chi connectivity index (χ2n) is 4.33. The van der Waals surface area contributed by atoms with Gasteiger partial charge in [0.1, 0.15) is 5.82 Å². The van der Waals surface area contributed by atoms with Gasteiger partial charge in [-0.15, -0.1) is 0 Å². The van der Waals surface area contributed by atoms with Crippen LogP contribution in [-0.2, 0) is 6.42 Å². The Hall–Kier alpha value is -2.36. The van der Waals surface area contributed by atoms with Crippen LogP contribution in [0.1, 0.15) is 17.0 Å². The minimum Gasteiger partial charge on any atom is -0.276 e. The maximum Gasteiger partial charge on any atom is 0.271 e. The topological polar surface area (TPSA) is 50.2 Å². The lowest BCUT2D eigenvalue weighted by atomic mass is 10.1. The molecule has 0 saturated carbocycles. The molecule has 0 spiro atoms. The zero-order valence-corrected chi connectivity index (χ0v) is 10.1. The van der Waals surface area contributed by atoms with E-state index >= 15 is 0 Å². The van der Waals surface area contributed by atoms with Gasteiger partial charge in [-0.3, -0.25) is 9.89 Å². The van der Waals surface area contributed by atoms with E-state index in [9.17, 15) is 4.79 Å². The Labute approximate surface area is 104 Å². The summed E-state index contributed by atoms with van der Waals surface area (Å²) < 4.78 is 1.47. The molecule has 4 heteroatoms. The maximum atomic E-state index is 11.6. The lowest BCUT2D eigenvalue weighted by Crippen LogP contribution is -2.11. The van der Waals surface area contributed by atoms with Crippen molar-refractivity contribution in [3.8, 4) is 0 Å². The average Bonchev–Trinajstić information content (AvgIpc) is 2.76. The maximum absolute atomic E-state index is 11.6. The van der Waals surface area contributed by atoms with E-state index in [-0.39, 0.29) is 5.56 Å². The molecule has 2 heterocycles. The number of nitrogens with one attached hydrogen (secondary N) is 1. The summed E-state index contributed by atoms with van der Waals surface area (Å²) in [5.74, 6) is 0.799. The number of aromatic nitrogens is 3. The largest absolute Gasteiger partial charge is 0.276 e. The Kier molecular flexibility index (Phi) is 2.48. The van der Waals surface area contributed by atoms with Crippen LogP contribution in [0, 0.1) is 6.92 Å². The summed E-state index contributed by atoms with van der Waals surface area (Å²) >= 11 is 0. The van der Waals surface area contributed by atoms with Crippen LogP contribution < -0.4 is 5.56 Å². The molecule has 4 nitrogen and oxygen atoms in total. The number of aromatic amines is 1. The summed E-state index contributed by atoms with van der Waals surface area (Å²) in [5.41, 5.74) is 3.01. The number of rotatable bonds is 2. The van der Waals surface area contributed by atoms with Crippen molar-refractivity contribution in [1.29, 1.82) is 0 Å². The number of aryl methyl sites for hydroxylation is 1. The summed E-state index contributed by atoms with van der Waals surface area (Å²) in [6.07, 6.45) is 0.702. The van der Waals surface area contributed by atoms with E-state index in [4.69, 9.17) is 0 Å². The number of H-pyrrole nitrogens is 1. The van der Waals surface area contributed by atoms with Crippen molar-refractivity contribution in [2.75, 3.05) is 0 Å². The third-order valence-corrected chi connectivity index (χ3v) is 3.04. The van der Waals surface area contributed by atoms with E-state index in [1.165, 1.54) is 21.7 Å². The van der Waals surface area contributed by atoms with Gasteiger partial charge in [0.05, 0.1) is 0 Å². The number of hydrogen-bond acceptors (Lipinski definition) is 2. The first kappa shape index (κ1) is 10.8. The molecule has 0 amide bonds. The molecule has 18 heavy (non-hydrogen) atoms. The zero-order valence-electron chi connectivity index (χ0n) is 10.1. The fourth-order valence-electron chi connectivity index (χ4n) is 2.04. The average molecular weight is 239 g/mol. The highest BCUT2D eigenvalue weighted by Crippen LogP contribution is 2.11. The molecule has 90 valence electrons. The molecule has 0 aliphatic carbocycles. The van der Waals surface area contributed by atoms with Gasteiger partial charge in [-0.25, -0.2) is 9.50 Å². The minimum absolute atomic E-state index is 0.0870.